The predicted molar refractivity (Wildman–Crippen MR) is 85.9 cm³/mol. The summed E-state index contributed by atoms with van der Waals surface area (Å²) >= 11 is 0. The number of benzene rings is 1. The summed E-state index contributed by atoms with van der Waals surface area (Å²) in [6.45, 7) is 0. The molecule has 0 amide bonds. The van der Waals surface area contributed by atoms with Gasteiger partial charge in [0.15, 0.2) is 23.4 Å². The van der Waals surface area contributed by atoms with Crippen LogP contribution in [0.5, 0.6) is 11.5 Å². The smallest absolute Gasteiger partial charge is 0.196 e. The van der Waals surface area contributed by atoms with E-state index in [-0.39, 0.29) is 11.7 Å². The van der Waals surface area contributed by atoms with Gasteiger partial charge in [0.25, 0.3) is 0 Å². The molecule has 1 saturated carbocycles. The Labute approximate surface area is 136 Å². The first kappa shape index (κ1) is 14.8. The lowest BCUT2D eigenvalue weighted by Crippen LogP contribution is -2.40. The van der Waals surface area contributed by atoms with E-state index >= 15 is 0 Å². The van der Waals surface area contributed by atoms with Gasteiger partial charge in [0, 0.05) is 12.0 Å². The van der Waals surface area contributed by atoms with Crippen LogP contribution in [0.25, 0.3) is 0 Å². The number of fused-ring (bicyclic) bond motifs is 2. The molecule has 3 atom stereocenters. The predicted octanol–water partition coefficient (Wildman–Crippen LogP) is 2.60. The van der Waals surface area contributed by atoms with E-state index in [1.165, 1.54) is 11.6 Å². The lowest BCUT2D eigenvalue weighted by molar-refractivity contribution is -0.120. The number of methoxy groups -OCH3 is 1. The molecule has 4 nitrogen and oxygen atoms in total. The van der Waals surface area contributed by atoms with E-state index in [2.05, 4.69) is 6.07 Å². The van der Waals surface area contributed by atoms with Crippen LogP contribution in [0, 0.1) is 5.92 Å². The maximum absolute atomic E-state index is 12.5. The highest BCUT2D eigenvalue weighted by Crippen LogP contribution is 2.44. The van der Waals surface area contributed by atoms with Gasteiger partial charge in [-0.1, -0.05) is 18.9 Å². The van der Waals surface area contributed by atoms with E-state index < -0.39 is 11.7 Å². The van der Waals surface area contributed by atoms with Gasteiger partial charge in [-0.15, -0.1) is 0 Å². The van der Waals surface area contributed by atoms with Crippen molar-refractivity contribution in [2.75, 3.05) is 7.11 Å². The fourth-order valence-corrected chi connectivity index (χ4v) is 4.23. The molecule has 1 aromatic carbocycles. The Morgan fingerprint density at radius 2 is 2.17 bits per heavy atom. The van der Waals surface area contributed by atoms with Crippen molar-refractivity contribution >= 4 is 5.78 Å². The maximum atomic E-state index is 12.5. The van der Waals surface area contributed by atoms with Gasteiger partial charge in [-0.3, -0.25) is 4.79 Å². The van der Waals surface area contributed by atoms with E-state index in [9.17, 15) is 9.90 Å². The normalized spacial score (nSPS) is 33.6. The number of aliphatic hydroxyl groups is 1. The van der Waals surface area contributed by atoms with Crippen LogP contribution in [0.2, 0.25) is 0 Å². The lowest BCUT2D eigenvalue weighted by atomic mass is 9.71. The Balaban J connectivity index is 1.82. The second-order valence-corrected chi connectivity index (χ2v) is 6.92. The van der Waals surface area contributed by atoms with Gasteiger partial charge in [0.2, 0.25) is 0 Å². The third kappa shape index (κ3) is 2.36. The van der Waals surface area contributed by atoms with Crippen molar-refractivity contribution in [1.29, 1.82) is 0 Å². The van der Waals surface area contributed by atoms with Crippen LogP contribution >= 0.6 is 0 Å². The van der Waals surface area contributed by atoms with Crippen LogP contribution in [0.15, 0.2) is 24.3 Å². The Morgan fingerprint density at radius 1 is 1.30 bits per heavy atom. The summed E-state index contributed by atoms with van der Waals surface area (Å²) in [6.07, 6.45) is 8.02. The SMILES string of the molecule is COc1ccc2c3c1O[C@H](C3)C(=O)/C=C\[C@]1(O)CCCC[C@@H]1C2. The molecule has 3 aliphatic rings. The molecule has 1 fully saturated rings. The zero-order valence-electron chi connectivity index (χ0n) is 13.4. The summed E-state index contributed by atoms with van der Waals surface area (Å²) < 4.78 is 11.3. The average Bonchev–Trinajstić information content (AvgIpc) is 3.00. The molecular weight excluding hydrogens is 292 g/mol. The van der Waals surface area contributed by atoms with Gasteiger partial charge in [-0.05, 0) is 49.0 Å². The molecule has 4 heteroatoms. The summed E-state index contributed by atoms with van der Waals surface area (Å²) in [6, 6.07) is 3.97. The van der Waals surface area contributed by atoms with Crippen molar-refractivity contribution in [2.45, 2.75) is 50.2 Å². The summed E-state index contributed by atoms with van der Waals surface area (Å²) in [4.78, 5) is 12.5. The van der Waals surface area contributed by atoms with Gasteiger partial charge in [-0.2, -0.15) is 0 Å². The molecule has 122 valence electrons. The molecule has 0 saturated heterocycles. The molecule has 2 aliphatic carbocycles. The third-order valence-corrected chi connectivity index (χ3v) is 5.60. The van der Waals surface area contributed by atoms with Crippen LogP contribution in [-0.2, 0) is 17.6 Å². The minimum absolute atomic E-state index is 0.0751. The van der Waals surface area contributed by atoms with Gasteiger partial charge in [0.05, 0.1) is 12.7 Å². The molecule has 4 rings (SSSR count). The number of ether oxygens (including phenoxy) is 2. The van der Waals surface area contributed by atoms with Gasteiger partial charge in [-0.25, -0.2) is 0 Å². The summed E-state index contributed by atoms with van der Waals surface area (Å²) in [5, 5.41) is 11.1. The fraction of sp³-hybridized carbons (Fsp3) is 0.526. The first-order chi connectivity index (χ1) is 11.1. The van der Waals surface area contributed by atoms with Crippen LogP contribution in [0.3, 0.4) is 0 Å². The molecule has 1 N–H and O–H groups in total. The molecule has 1 aliphatic heterocycles. The molecule has 0 radical (unpaired) electrons. The number of hydrogen-bond donors (Lipinski definition) is 1. The molecule has 1 heterocycles. The largest absolute Gasteiger partial charge is 0.493 e. The van der Waals surface area contributed by atoms with Gasteiger partial charge < -0.3 is 14.6 Å². The van der Waals surface area contributed by atoms with E-state index in [0.717, 1.165) is 37.7 Å². The van der Waals surface area contributed by atoms with Crippen molar-refractivity contribution < 1.29 is 19.4 Å². The number of carbonyl (C=O) groups is 1. The topological polar surface area (TPSA) is 55.8 Å². The average molecular weight is 314 g/mol. The van der Waals surface area contributed by atoms with Crippen LogP contribution in [-0.4, -0.2) is 29.7 Å². The third-order valence-electron chi connectivity index (χ3n) is 5.60. The lowest BCUT2D eigenvalue weighted by Gasteiger charge is -2.38. The Bertz CT molecular complexity index is 678. The molecule has 0 aromatic heterocycles. The molecule has 0 spiro atoms. The van der Waals surface area contributed by atoms with Gasteiger partial charge in [0.1, 0.15) is 0 Å². The first-order valence-corrected chi connectivity index (χ1v) is 8.41. The Morgan fingerprint density at radius 3 is 3.00 bits per heavy atom. The van der Waals surface area contributed by atoms with Crippen molar-refractivity contribution in [1.82, 2.24) is 0 Å². The van der Waals surface area contributed by atoms with Crippen LogP contribution in [0.1, 0.15) is 36.8 Å². The fourth-order valence-electron chi connectivity index (χ4n) is 4.23. The zero-order chi connectivity index (χ0) is 16.0. The molecule has 0 unspecified atom stereocenters. The maximum Gasteiger partial charge on any atom is 0.196 e. The highest BCUT2D eigenvalue weighted by molar-refractivity contribution is 5.95. The van der Waals surface area contributed by atoms with Crippen molar-refractivity contribution in [2.24, 2.45) is 5.92 Å². The summed E-state index contributed by atoms with van der Waals surface area (Å²) in [5.41, 5.74) is 1.37. The van der Waals surface area contributed by atoms with E-state index in [4.69, 9.17) is 9.47 Å². The van der Waals surface area contributed by atoms with Crippen molar-refractivity contribution in [3.63, 3.8) is 0 Å². The van der Waals surface area contributed by atoms with Crippen molar-refractivity contribution in [3.05, 3.63) is 35.4 Å². The summed E-state index contributed by atoms with van der Waals surface area (Å²) in [7, 11) is 1.62. The standard InChI is InChI=1S/C19H22O4/c1-22-16-6-5-12-10-13-4-2-3-8-19(13,21)9-7-15(20)17-11-14(12)18(16)23-17/h5-7,9,13,17,21H,2-4,8,10-11H2,1H3/b9-7-/t13-,17-,19-/m1/s1. The number of carbonyl (C=O) groups excluding carboxylic acids is 1. The zero-order valence-corrected chi connectivity index (χ0v) is 13.4. The van der Waals surface area contributed by atoms with E-state index in [1.807, 2.05) is 6.07 Å². The highest BCUT2D eigenvalue weighted by atomic mass is 16.5. The quantitative estimate of drug-likeness (QED) is 0.866. The van der Waals surface area contributed by atoms with Crippen LogP contribution < -0.4 is 9.47 Å². The highest BCUT2D eigenvalue weighted by Gasteiger charge is 2.40. The number of ketones is 1. The Kier molecular flexibility index (Phi) is 3.45. The minimum Gasteiger partial charge on any atom is -0.493 e. The molecule has 23 heavy (non-hydrogen) atoms. The first-order valence-electron chi connectivity index (χ1n) is 8.41. The molecule has 1 aromatic rings. The Hall–Kier alpha value is -1.81. The van der Waals surface area contributed by atoms with E-state index in [1.54, 1.807) is 13.2 Å². The molecular formula is C19H22O4. The second-order valence-electron chi connectivity index (χ2n) is 6.92. The monoisotopic (exact) mass is 314 g/mol. The van der Waals surface area contributed by atoms with Crippen LogP contribution in [0.4, 0.5) is 0 Å². The number of hydrogen-bond acceptors (Lipinski definition) is 4. The second kappa shape index (κ2) is 5.38. The molecule has 2 bridgehead atoms. The number of rotatable bonds is 1. The van der Waals surface area contributed by atoms with Crippen molar-refractivity contribution in [3.8, 4) is 11.5 Å². The van der Waals surface area contributed by atoms with Gasteiger partial charge >= 0.3 is 0 Å². The minimum atomic E-state index is -0.877. The van der Waals surface area contributed by atoms with E-state index in [0.29, 0.717) is 17.9 Å². The summed E-state index contributed by atoms with van der Waals surface area (Å²) in [5.74, 6) is 1.46.